The number of aromatic amines is 1. The number of hydrogen-bond acceptors (Lipinski definition) is 5. The van der Waals surface area contributed by atoms with Crippen molar-refractivity contribution in [3.8, 4) is 11.3 Å². The average Bonchev–Trinajstić information content (AvgIpc) is 2.49. The highest BCUT2D eigenvalue weighted by molar-refractivity contribution is 6.30. The Morgan fingerprint density at radius 3 is 2.48 bits per heavy atom. The first-order chi connectivity index (χ1) is 11.6. The highest BCUT2D eigenvalue weighted by Crippen LogP contribution is 2.25. The van der Waals surface area contributed by atoms with Gasteiger partial charge in [0.2, 0.25) is 0 Å². The fraction of sp³-hybridized carbons (Fsp3) is 0.312. The Kier molecular flexibility index (Phi) is 5.46. The molecule has 1 aliphatic carbocycles. The fourth-order valence-corrected chi connectivity index (χ4v) is 2.35. The average molecular weight is 368 g/mol. The second-order valence-electron chi connectivity index (χ2n) is 6.54. The van der Waals surface area contributed by atoms with Crippen LogP contribution in [-0.2, 0) is 0 Å². The van der Waals surface area contributed by atoms with Gasteiger partial charge in [0.05, 0.1) is 44.7 Å². The van der Waals surface area contributed by atoms with Crippen LogP contribution in [0.3, 0.4) is 0 Å². The lowest BCUT2D eigenvalue weighted by Crippen LogP contribution is -2.36. The number of hydrogen-bond donors (Lipinski definition) is 3. The molecule has 0 atom stereocenters. The summed E-state index contributed by atoms with van der Waals surface area (Å²) in [5.74, 6) is 0. The summed E-state index contributed by atoms with van der Waals surface area (Å²) < 4.78 is 1.51. The highest BCUT2D eigenvalue weighted by Gasteiger charge is 2.15. The number of aliphatic hydroxyl groups excluding tert-OH is 1. The first kappa shape index (κ1) is 18.9. The van der Waals surface area contributed by atoms with E-state index in [0.717, 1.165) is 11.0 Å². The van der Waals surface area contributed by atoms with E-state index < -0.39 is 11.0 Å². The molecule has 0 radical (unpaired) electrons. The summed E-state index contributed by atoms with van der Waals surface area (Å²) in [6.07, 6.45) is 1.40. The molecule has 0 unspecified atom stereocenters. The lowest BCUT2D eigenvalue weighted by atomic mass is 10.1. The van der Waals surface area contributed by atoms with Crippen LogP contribution < -0.4 is 11.0 Å². The number of aromatic nitrogens is 3. The van der Waals surface area contributed by atoms with E-state index in [2.05, 4.69) is 31.3 Å². The van der Waals surface area contributed by atoms with Gasteiger partial charge in [-0.05, 0) is 12.1 Å². The summed E-state index contributed by atoms with van der Waals surface area (Å²) in [4.78, 5) is 23.0. The van der Waals surface area contributed by atoms with Crippen molar-refractivity contribution < 1.29 is 14.8 Å². The minimum Gasteiger partial charge on any atom is -0.428 e. The van der Waals surface area contributed by atoms with Gasteiger partial charge in [-0.15, -0.1) is 0 Å². The van der Waals surface area contributed by atoms with Crippen LogP contribution in [-0.4, -0.2) is 64.0 Å². The van der Waals surface area contributed by atoms with Gasteiger partial charge in [0.15, 0.2) is 10.9 Å². The summed E-state index contributed by atoms with van der Waals surface area (Å²) in [7, 11) is 6.16. The molecule has 3 N–H and O–H groups in total. The monoisotopic (exact) mass is 367 g/mol. The molecular weight excluding hydrogens is 348 g/mol. The molecule has 0 amide bonds. The number of pyridine rings is 1. The van der Waals surface area contributed by atoms with Crippen molar-refractivity contribution in [2.24, 2.45) is 0 Å². The normalized spacial score (nSPS) is 11.4. The molecule has 25 heavy (non-hydrogen) atoms. The number of quaternary nitrogens is 1. The van der Waals surface area contributed by atoms with Crippen LogP contribution in [0.1, 0.15) is 0 Å². The van der Waals surface area contributed by atoms with Crippen LogP contribution in [0.4, 0.5) is 0 Å². The molecule has 0 aromatic carbocycles. The second-order valence-corrected chi connectivity index (χ2v) is 6.95. The molecule has 2 aliphatic rings. The zero-order valence-electron chi connectivity index (χ0n) is 14.2. The van der Waals surface area contributed by atoms with Gasteiger partial charge in [-0.1, -0.05) is 11.6 Å². The molecule has 0 bridgehead atoms. The number of halogens is 1. The van der Waals surface area contributed by atoms with Gasteiger partial charge in [-0.2, -0.15) is 9.83 Å². The third-order valence-electron chi connectivity index (χ3n) is 3.46. The van der Waals surface area contributed by atoms with E-state index >= 15 is 0 Å². The van der Waals surface area contributed by atoms with E-state index in [9.17, 15) is 14.8 Å². The van der Waals surface area contributed by atoms with E-state index in [-0.39, 0.29) is 22.8 Å². The van der Waals surface area contributed by atoms with E-state index in [1.54, 1.807) is 6.07 Å². The molecule has 0 spiro atoms. The molecule has 0 saturated heterocycles. The molecule has 9 heteroatoms. The molecule has 3 rings (SSSR count). The van der Waals surface area contributed by atoms with Crippen LogP contribution in [0.15, 0.2) is 34.0 Å². The van der Waals surface area contributed by atoms with Crippen LogP contribution in [0.2, 0.25) is 5.02 Å². The van der Waals surface area contributed by atoms with Crippen molar-refractivity contribution in [2.75, 3.05) is 34.3 Å². The number of fused-ring (bicyclic) bond motifs is 2. The first-order valence-electron chi connectivity index (χ1n) is 7.47. The Hall–Kier alpha value is -2.42. The van der Waals surface area contributed by atoms with Crippen molar-refractivity contribution in [2.45, 2.75) is 0 Å². The van der Waals surface area contributed by atoms with Crippen molar-refractivity contribution in [3.63, 3.8) is 0 Å². The molecule has 1 aromatic heterocycles. The van der Waals surface area contributed by atoms with Crippen LogP contribution in [0, 0.1) is 0 Å². The topological polar surface area (TPSA) is 108 Å². The molecule has 2 heterocycles. The summed E-state index contributed by atoms with van der Waals surface area (Å²) in [6, 6.07) is 4.24. The molecule has 1 aliphatic heterocycles. The van der Waals surface area contributed by atoms with E-state index in [0.29, 0.717) is 15.7 Å². The Bertz CT molecular complexity index is 975. The Morgan fingerprint density at radius 2 is 1.92 bits per heavy atom. The van der Waals surface area contributed by atoms with Gasteiger partial charge in [-0.25, -0.2) is 5.10 Å². The second kappa shape index (κ2) is 7.22. The summed E-state index contributed by atoms with van der Waals surface area (Å²) in [6.45, 7) is 1.11. The minimum atomic E-state index is -0.542. The third-order valence-corrected chi connectivity index (χ3v) is 3.76. The first-order valence-corrected chi connectivity index (χ1v) is 7.85. The standard InChI is InChI=1S/C11H6ClN3O3.C5H14NO/c12-7-2-5-1-6-4-13-14-11(17)10(6)15(18)8(5)3-9(7)16;1-6(2,3)4-5-7/h1-4,18H,(H,14,17);7H,4-5H2,1-3H3/q;+1. The van der Waals surface area contributed by atoms with E-state index in [4.69, 9.17) is 16.7 Å². The summed E-state index contributed by atoms with van der Waals surface area (Å²) in [5.41, 5.74) is -0.175. The van der Waals surface area contributed by atoms with Gasteiger partial charge in [0.25, 0.3) is 5.56 Å². The van der Waals surface area contributed by atoms with Crippen molar-refractivity contribution >= 4 is 22.5 Å². The Labute approximate surface area is 148 Å². The molecule has 0 fully saturated rings. The van der Waals surface area contributed by atoms with E-state index in [1.165, 1.54) is 18.3 Å². The number of H-pyrrole nitrogens is 1. The lowest BCUT2D eigenvalue weighted by Gasteiger charge is -2.21. The molecular formula is C16H20ClN4O4+. The van der Waals surface area contributed by atoms with Crippen molar-refractivity contribution in [1.82, 2.24) is 14.9 Å². The Balaban J connectivity index is 0.000000277. The fourth-order valence-electron chi connectivity index (χ4n) is 2.17. The largest absolute Gasteiger partial charge is 0.428 e. The number of benzene rings is 1. The van der Waals surface area contributed by atoms with Gasteiger partial charge < -0.3 is 14.8 Å². The van der Waals surface area contributed by atoms with Gasteiger partial charge in [-0.3, -0.25) is 9.59 Å². The zero-order chi connectivity index (χ0) is 18.8. The number of nitrogens with one attached hydrogen (secondary N) is 1. The molecule has 0 saturated carbocycles. The minimum absolute atomic E-state index is 0.0271. The van der Waals surface area contributed by atoms with Crippen LogP contribution >= 0.6 is 11.6 Å². The molecule has 1 aromatic rings. The molecule has 8 nitrogen and oxygen atoms in total. The van der Waals surface area contributed by atoms with Gasteiger partial charge in [0.1, 0.15) is 6.54 Å². The maximum atomic E-state index is 11.6. The van der Waals surface area contributed by atoms with Crippen LogP contribution in [0.25, 0.3) is 22.2 Å². The summed E-state index contributed by atoms with van der Waals surface area (Å²) >= 11 is 5.74. The maximum Gasteiger partial charge on any atom is 0.292 e. The van der Waals surface area contributed by atoms with Crippen LogP contribution in [0.5, 0.6) is 0 Å². The van der Waals surface area contributed by atoms with Gasteiger partial charge >= 0.3 is 0 Å². The lowest BCUT2D eigenvalue weighted by molar-refractivity contribution is -0.870. The third kappa shape index (κ3) is 4.36. The predicted octanol–water partition coefficient (Wildman–Crippen LogP) is 0.765. The van der Waals surface area contributed by atoms with Crippen molar-refractivity contribution in [1.29, 1.82) is 0 Å². The maximum absolute atomic E-state index is 11.6. The van der Waals surface area contributed by atoms with E-state index in [1.807, 2.05) is 0 Å². The zero-order valence-corrected chi connectivity index (χ0v) is 14.9. The highest BCUT2D eigenvalue weighted by atomic mass is 35.5. The Morgan fingerprint density at radius 1 is 1.24 bits per heavy atom. The predicted molar refractivity (Wildman–Crippen MR) is 95.4 cm³/mol. The quantitative estimate of drug-likeness (QED) is 0.352. The SMILES string of the molecule is C[N+](C)(C)CCO.O=c1cc2n(O)c3c(=O)[nH]ncc3cc-2cc1Cl. The smallest absolute Gasteiger partial charge is 0.292 e. The number of aliphatic hydroxyl groups is 1. The van der Waals surface area contributed by atoms with Gasteiger partial charge in [0, 0.05) is 17.0 Å². The number of likely N-dealkylation sites (N-methyl/N-ethyl adjacent to an activating group) is 1. The summed E-state index contributed by atoms with van der Waals surface area (Å²) in [5, 5.41) is 24.7. The molecule has 134 valence electrons. The number of nitrogens with zero attached hydrogens (tertiary/aromatic N) is 3. The number of rotatable bonds is 2. The van der Waals surface area contributed by atoms with Crippen molar-refractivity contribution in [3.05, 3.63) is 50.0 Å².